The maximum atomic E-state index is 12.3. The lowest BCUT2D eigenvalue weighted by atomic mass is 10.1. The Hall–Kier alpha value is -2.34. The Balaban J connectivity index is 1.71. The van der Waals surface area contributed by atoms with Crippen molar-refractivity contribution < 1.29 is 9.21 Å². The van der Waals surface area contributed by atoms with Gasteiger partial charge in [-0.05, 0) is 57.1 Å². The van der Waals surface area contributed by atoms with E-state index in [1.54, 1.807) is 25.3 Å². The molecule has 3 rings (SSSR count). The summed E-state index contributed by atoms with van der Waals surface area (Å²) in [7, 11) is 0. The monoisotopic (exact) mass is 315 g/mol. The number of hydrogen-bond acceptors (Lipinski definition) is 4. The van der Waals surface area contributed by atoms with Gasteiger partial charge in [-0.25, -0.2) is 0 Å². The number of carbonyl (C=O) groups excluding carboxylic acids is 1. The standard InChI is InChI=1S/C17H21N3O3/c1-12-6-7-13(17(22)19-12)16(21)18-11-14(15-5-4-10-23-15)20-8-2-3-9-20/h4-7,10,14H,2-3,8-9,11H2,1H3,(H,18,21)(H,19,22)/t14-/m1/s1. The van der Waals surface area contributed by atoms with Crippen LogP contribution in [0.3, 0.4) is 0 Å². The Bertz CT molecular complexity index is 715. The summed E-state index contributed by atoms with van der Waals surface area (Å²) in [5, 5.41) is 2.86. The molecule has 0 bridgehead atoms. The van der Waals surface area contributed by atoms with Gasteiger partial charge in [-0.2, -0.15) is 0 Å². The first-order valence-corrected chi connectivity index (χ1v) is 7.91. The summed E-state index contributed by atoms with van der Waals surface area (Å²) in [6.45, 7) is 4.18. The van der Waals surface area contributed by atoms with Crippen LogP contribution in [0.15, 0.2) is 39.7 Å². The van der Waals surface area contributed by atoms with Gasteiger partial charge in [-0.15, -0.1) is 0 Å². The van der Waals surface area contributed by atoms with Gasteiger partial charge in [-0.1, -0.05) is 0 Å². The summed E-state index contributed by atoms with van der Waals surface area (Å²) in [5.74, 6) is 0.479. The van der Waals surface area contributed by atoms with Crippen LogP contribution in [0.1, 0.15) is 40.7 Å². The lowest BCUT2D eigenvalue weighted by Gasteiger charge is -2.25. The van der Waals surface area contributed by atoms with Gasteiger partial charge in [0.1, 0.15) is 11.3 Å². The van der Waals surface area contributed by atoms with E-state index in [1.807, 2.05) is 12.1 Å². The molecule has 0 aliphatic carbocycles. The lowest BCUT2D eigenvalue weighted by Crippen LogP contribution is -2.38. The van der Waals surface area contributed by atoms with Crippen molar-refractivity contribution in [3.8, 4) is 0 Å². The molecule has 1 fully saturated rings. The highest BCUT2D eigenvalue weighted by molar-refractivity contribution is 5.93. The van der Waals surface area contributed by atoms with Gasteiger partial charge in [0.25, 0.3) is 11.5 Å². The molecule has 0 spiro atoms. The number of aromatic amines is 1. The van der Waals surface area contributed by atoms with Crippen LogP contribution in [0.5, 0.6) is 0 Å². The van der Waals surface area contributed by atoms with Gasteiger partial charge >= 0.3 is 0 Å². The molecular weight excluding hydrogens is 294 g/mol. The first-order valence-electron chi connectivity index (χ1n) is 7.91. The van der Waals surface area contributed by atoms with Crippen molar-refractivity contribution in [1.82, 2.24) is 15.2 Å². The molecule has 1 aliphatic heterocycles. The van der Waals surface area contributed by atoms with Crippen molar-refractivity contribution in [2.75, 3.05) is 19.6 Å². The van der Waals surface area contributed by atoms with Gasteiger partial charge in [0.2, 0.25) is 0 Å². The fourth-order valence-electron chi connectivity index (χ4n) is 2.98. The molecule has 0 unspecified atom stereocenters. The normalized spacial score (nSPS) is 16.4. The molecule has 1 aliphatic rings. The minimum Gasteiger partial charge on any atom is -0.468 e. The van der Waals surface area contributed by atoms with Gasteiger partial charge in [0, 0.05) is 12.2 Å². The van der Waals surface area contributed by atoms with Crippen LogP contribution in [0.25, 0.3) is 0 Å². The largest absolute Gasteiger partial charge is 0.468 e. The summed E-state index contributed by atoms with van der Waals surface area (Å²) < 4.78 is 5.52. The molecule has 0 aromatic carbocycles. The quantitative estimate of drug-likeness (QED) is 0.882. The molecule has 1 amide bonds. The van der Waals surface area contributed by atoms with Crippen molar-refractivity contribution in [2.24, 2.45) is 0 Å². The Labute approximate surface area is 134 Å². The van der Waals surface area contributed by atoms with Crippen molar-refractivity contribution >= 4 is 5.91 Å². The van der Waals surface area contributed by atoms with Crippen LogP contribution in [0.4, 0.5) is 0 Å². The number of aromatic nitrogens is 1. The van der Waals surface area contributed by atoms with Crippen LogP contribution in [0, 0.1) is 6.92 Å². The van der Waals surface area contributed by atoms with Crippen molar-refractivity contribution in [3.05, 3.63) is 57.9 Å². The molecule has 1 saturated heterocycles. The van der Waals surface area contributed by atoms with Gasteiger partial charge in [-0.3, -0.25) is 14.5 Å². The van der Waals surface area contributed by atoms with E-state index in [0.29, 0.717) is 6.54 Å². The number of nitrogens with zero attached hydrogens (tertiary/aromatic N) is 1. The van der Waals surface area contributed by atoms with Gasteiger partial charge in [0.05, 0.1) is 12.3 Å². The molecule has 2 aromatic rings. The van der Waals surface area contributed by atoms with E-state index in [-0.39, 0.29) is 23.1 Å². The second-order valence-electron chi connectivity index (χ2n) is 5.87. The van der Waals surface area contributed by atoms with Gasteiger partial charge < -0.3 is 14.7 Å². The average Bonchev–Trinajstić information content (AvgIpc) is 3.21. The van der Waals surface area contributed by atoms with E-state index in [1.165, 1.54) is 0 Å². The van der Waals surface area contributed by atoms with E-state index in [4.69, 9.17) is 4.42 Å². The third-order valence-electron chi connectivity index (χ3n) is 4.21. The molecule has 2 N–H and O–H groups in total. The average molecular weight is 315 g/mol. The van der Waals surface area contributed by atoms with E-state index in [2.05, 4.69) is 15.2 Å². The summed E-state index contributed by atoms with van der Waals surface area (Å²) in [5.41, 5.74) is 0.505. The number of H-pyrrole nitrogens is 1. The van der Waals surface area contributed by atoms with Crippen LogP contribution in [0.2, 0.25) is 0 Å². The molecular formula is C17H21N3O3. The lowest BCUT2D eigenvalue weighted by molar-refractivity contribution is 0.0932. The highest BCUT2D eigenvalue weighted by atomic mass is 16.3. The number of pyridine rings is 1. The highest BCUT2D eigenvalue weighted by Crippen LogP contribution is 2.24. The zero-order valence-corrected chi connectivity index (χ0v) is 13.2. The second-order valence-corrected chi connectivity index (χ2v) is 5.87. The predicted molar refractivity (Wildman–Crippen MR) is 86.4 cm³/mol. The van der Waals surface area contributed by atoms with Crippen molar-refractivity contribution in [2.45, 2.75) is 25.8 Å². The zero-order valence-electron chi connectivity index (χ0n) is 13.2. The molecule has 23 heavy (non-hydrogen) atoms. The molecule has 122 valence electrons. The molecule has 2 aromatic heterocycles. The Kier molecular flexibility index (Phi) is 4.62. The maximum Gasteiger partial charge on any atom is 0.260 e. The van der Waals surface area contributed by atoms with Crippen molar-refractivity contribution in [1.29, 1.82) is 0 Å². The Morgan fingerprint density at radius 3 is 2.78 bits per heavy atom. The van der Waals surface area contributed by atoms with Crippen molar-refractivity contribution in [3.63, 3.8) is 0 Å². The van der Waals surface area contributed by atoms with E-state index >= 15 is 0 Å². The first-order chi connectivity index (χ1) is 11.1. The first kappa shape index (κ1) is 15.6. The SMILES string of the molecule is Cc1ccc(C(=O)NC[C@H](c2ccco2)N2CCCC2)c(=O)[nH]1. The fraction of sp³-hybridized carbons (Fsp3) is 0.412. The van der Waals surface area contributed by atoms with Crippen LogP contribution >= 0.6 is 0 Å². The second kappa shape index (κ2) is 6.83. The summed E-state index contributed by atoms with van der Waals surface area (Å²) in [4.78, 5) is 29.1. The third kappa shape index (κ3) is 3.53. The van der Waals surface area contributed by atoms with Crippen LogP contribution in [-0.4, -0.2) is 35.4 Å². The summed E-state index contributed by atoms with van der Waals surface area (Å²) >= 11 is 0. The molecule has 1 atom stereocenters. The Morgan fingerprint density at radius 1 is 1.35 bits per heavy atom. The number of hydrogen-bond donors (Lipinski definition) is 2. The molecule has 0 radical (unpaired) electrons. The zero-order chi connectivity index (χ0) is 16.2. The third-order valence-corrected chi connectivity index (χ3v) is 4.21. The smallest absolute Gasteiger partial charge is 0.260 e. The summed E-state index contributed by atoms with van der Waals surface area (Å²) in [6, 6.07) is 7.06. The number of amides is 1. The number of nitrogens with one attached hydrogen (secondary N) is 2. The van der Waals surface area contributed by atoms with E-state index in [9.17, 15) is 9.59 Å². The molecule has 6 nitrogen and oxygen atoms in total. The topological polar surface area (TPSA) is 78.3 Å². The summed E-state index contributed by atoms with van der Waals surface area (Å²) in [6.07, 6.45) is 3.95. The maximum absolute atomic E-state index is 12.3. The minimum atomic E-state index is -0.363. The van der Waals surface area contributed by atoms with Crippen LogP contribution < -0.4 is 10.9 Å². The predicted octanol–water partition coefficient (Wildman–Crippen LogP) is 1.84. The molecule has 3 heterocycles. The number of carbonyl (C=O) groups is 1. The number of likely N-dealkylation sites (tertiary alicyclic amines) is 1. The minimum absolute atomic E-state index is 0.000907. The van der Waals surface area contributed by atoms with E-state index in [0.717, 1.165) is 37.4 Å². The number of rotatable bonds is 5. The number of furan rings is 1. The molecule has 0 saturated carbocycles. The number of aryl methyl sites for hydroxylation is 1. The van der Waals surface area contributed by atoms with Crippen LogP contribution in [-0.2, 0) is 0 Å². The van der Waals surface area contributed by atoms with Gasteiger partial charge in [0.15, 0.2) is 0 Å². The molecule has 6 heteroatoms. The fourth-order valence-corrected chi connectivity index (χ4v) is 2.98. The Morgan fingerprint density at radius 2 is 2.13 bits per heavy atom. The highest BCUT2D eigenvalue weighted by Gasteiger charge is 2.26. The van der Waals surface area contributed by atoms with E-state index < -0.39 is 0 Å².